The Labute approximate surface area is 210 Å². The molecule has 0 aromatic heterocycles. The summed E-state index contributed by atoms with van der Waals surface area (Å²) in [4.78, 5) is 12.2. The van der Waals surface area contributed by atoms with Crippen LogP contribution in [0.5, 0.6) is 11.5 Å². The van der Waals surface area contributed by atoms with Crippen LogP contribution >= 0.6 is 38.5 Å². The molecule has 166 valence electrons. The maximum absolute atomic E-state index is 12.2. The number of aryl methyl sites for hydroxylation is 1. The monoisotopic (exact) mass is 606 g/mol. The molecule has 0 aliphatic rings. The van der Waals surface area contributed by atoms with Crippen LogP contribution in [0.25, 0.3) is 0 Å². The maximum atomic E-state index is 12.2. The number of hydrogen-bond donors (Lipinski definition) is 1. The number of hydrazone groups is 1. The zero-order valence-corrected chi connectivity index (χ0v) is 21.6. The van der Waals surface area contributed by atoms with E-state index in [0.717, 1.165) is 31.2 Å². The van der Waals surface area contributed by atoms with Crippen molar-refractivity contribution in [1.29, 1.82) is 0 Å². The molecule has 0 radical (unpaired) electrons. The van der Waals surface area contributed by atoms with E-state index in [1.807, 2.05) is 60.7 Å². The minimum atomic E-state index is -0.165. The molecule has 0 saturated carbocycles. The number of nitrogens with one attached hydrogen (secondary N) is 1. The normalized spacial score (nSPS) is 10.9. The molecular weight excluding hydrogens is 583 g/mol. The van der Waals surface area contributed by atoms with E-state index >= 15 is 0 Å². The largest absolute Gasteiger partial charge is 0.493 e. The van der Waals surface area contributed by atoms with Gasteiger partial charge in [-0.1, -0.05) is 59.3 Å². The topological polar surface area (TPSA) is 59.9 Å². The Morgan fingerprint density at radius 1 is 1.06 bits per heavy atom. The average Bonchev–Trinajstić information content (AvgIpc) is 2.79. The van der Waals surface area contributed by atoms with Crippen molar-refractivity contribution in [3.05, 3.63) is 91.0 Å². The molecule has 3 rings (SSSR count). The Balaban J connectivity index is 1.60. The summed E-state index contributed by atoms with van der Waals surface area (Å²) in [5.41, 5.74) is 6.65. The third-order valence-corrected chi connectivity index (χ3v) is 6.08. The lowest BCUT2D eigenvalue weighted by Crippen LogP contribution is -2.19. The van der Waals surface area contributed by atoms with E-state index in [1.165, 1.54) is 5.56 Å². The molecule has 0 aliphatic carbocycles. The van der Waals surface area contributed by atoms with Gasteiger partial charge in [-0.05, 0) is 75.5 Å². The van der Waals surface area contributed by atoms with E-state index in [1.54, 1.807) is 13.3 Å². The van der Waals surface area contributed by atoms with E-state index in [4.69, 9.17) is 9.47 Å². The first kappa shape index (κ1) is 24.3. The average molecular weight is 607 g/mol. The summed E-state index contributed by atoms with van der Waals surface area (Å²) in [6.07, 6.45) is 2.86. The van der Waals surface area contributed by atoms with E-state index in [-0.39, 0.29) is 12.3 Å². The number of benzene rings is 3. The Bertz CT molecular complexity index is 1080. The van der Waals surface area contributed by atoms with Crippen LogP contribution in [0.4, 0.5) is 0 Å². The first-order valence-electron chi connectivity index (χ1n) is 10.1. The van der Waals surface area contributed by atoms with Gasteiger partial charge in [0.25, 0.3) is 0 Å². The molecule has 7 heteroatoms. The molecule has 0 heterocycles. The summed E-state index contributed by atoms with van der Waals surface area (Å²) in [6.45, 7) is 2.54. The minimum Gasteiger partial charge on any atom is -0.493 e. The first-order valence-corrected chi connectivity index (χ1v) is 12.0. The Morgan fingerprint density at radius 3 is 2.38 bits per heavy atom. The molecule has 0 saturated heterocycles. The quantitative estimate of drug-likeness (QED) is 0.188. The number of hydrogen-bond acceptors (Lipinski definition) is 4. The number of halogens is 2. The predicted molar refractivity (Wildman–Crippen MR) is 139 cm³/mol. The number of ether oxygens (including phenoxy) is 2. The van der Waals surface area contributed by atoms with Gasteiger partial charge in [-0.2, -0.15) is 5.10 Å². The first-order chi connectivity index (χ1) is 15.5. The highest BCUT2D eigenvalue weighted by molar-refractivity contribution is 14.1. The Hall–Kier alpha value is -2.39. The Kier molecular flexibility index (Phi) is 9.11. The number of methoxy groups -OCH3 is 1. The van der Waals surface area contributed by atoms with Gasteiger partial charge >= 0.3 is 0 Å². The van der Waals surface area contributed by atoms with E-state index in [9.17, 15) is 4.79 Å². The molecule has 0 fully saturated rings. The summed E-state index contributed by atoms with van der Waals surface area (Å²) in [7, 11) is 1.60. The van der Waals surface area contributed by atoms with Crippen LogP contribution in [-0.2, 0) is 24.2 Å². The van der Waals surface area contributed by atoms with Crippen molar-refractivity contribution in [3.8, 4) is 11.5 Å². The maximum Gasteiger partial charge on any atom is 0.244 e. The molecule has 0 unspecified atom stereocenters. The van der Waals surface area contributed by atoms with Gasteiger partial charge in [-0.25, -0.2) is 5.43 Å². The second-order valence-electron chi connectivity index (χ2n) is 7.09. The lowest BCUT2D eigenvalue weighted by Gasteiger charge is -2.13. The smallest absolute Gasteiger partial charge is 0.244 e. The van der Waals surface area contributed by atoms with Crippen molar-refractivity contribution in [1.82, 2.24) is 5.43 Å². The van der Waals surface area contributed by atoms with Gasteiger partial charge in [0.15, 0.2) is 11.5 Å². The third-order valence-electron chi connectivity index (χ3n) is 4.75. The standard InChI is InChI=1S/C25H24BrIN2O3/c1-3-17-4-6-18(7-5-17)14-24(30)29-28-15-20-12-22(27)25(23(13-20)31-2)32-16-19-8-10-21(26)11-9-19/h4-13,15H,3,14,16H2,1-2H3,(H,29,30)/b28-15+. The van der Waals surface area contributed by atoms with Gasteiger partial charge in [0.1, 0.15) is 6.61 Å². The molecule has 5 nitrogen and oxygen atoms in total. The summed E-state index contributed by atoms with van der Waals surface area (Å²) in [5.74, 6) is 1.12. The van der Waals surface area contributed by atoms with Crippen LogP contribution in [0.2, 0.25) is 0 Å². The fraction of sp³-hybridized carbons (Fsp3) is 0.200. The SMILES string of the molecule is CCc1ccc(CC(=O)N/N=C/c2cc(I)c(OCc3ccc(Br)cc3)c(OC)c2)cc1. The van der Waals surface area contributed by atoms with E-state index < -0.39 is 0 Å². The fourth-order valence-electron chi connectivity index (χ4n) is 2.99. The van der Waals surface area contributed by atoms with Crippen molar-refractivity contribution in [2.75, 3.05) is 7.11 Å². The Morgan fingerprint density at radius 2 is 1.72 bits per heavy atom. The molecule has 1 amide bonds. The molecule has 0 aliphatic heterocycles. The molecular formula is C25H24BrIN2O3. The summed E-state index contributed by atoms with van der Waals surface area (Å²) >= 11 is 5.64. The lowest BCUT2D eigenvalue weighted by atomic mass is 10.1. The highest BCUT2D eigenvalue weighted by atomic mass is 127. The van der Waals surface area contributed by atoms with Gasteiger partial charge in [0.2, 0.25) is 5.91 Å². The number of nitrogens with zero attached hydrogens (tertiary/aromatic N) is 1. The van der Waals surface area contributed by atoms with E-state index in [2.05, 4.69) is 56.0 Å². The van der Waals surface area contributed by atoms with Crippen molar-refractivity contribution in [3.63, 3.8) is 0 Å². The van der Waals surface area contributed by atoms with Crippen molar-refractivity contribution in [2.24, 2.45) is 5.10 Å². The zero-order chi connectivity index (χ0) is 22.9. The molecule has 0 spiro atoms. The number of amides is 1. The number of carbonyl (C=O) groups is 1. The molecule has 1 N–H and O–H groups in total. The second kappa shape index (κ2) is 12.0. The molecule has 3 aromatic rings. The third kappa shape index (κ3) is 7.06. The summed E-state index contributed by atoms with van der Waals surface area (Å²) < 4.78 is 13.4. The molecule has 0 atom stereocenters. The highest BCUT2D eigenvalue weighted by Crippen LogP contribution is 2.34. The molecule has 0 bridgehead atoms. The lowest BCUT2D eigenvalue weighted by molar-refractivity contribution is -0.120. The van der Waals surface area contributed by atoms with Crippen molar-refractivity contribution < 1.29 is 14.3 Å². The fourth-order valence-corrected chi connectivity index (χ4v) is 4.03. The van der Waals surface area contributed by atoms with Crippen LogP contribution < -0.4 is 14.9 Å². The van der Waals surface area contributed by atoms with Crippen molar-refractivity contribution >= 4 is 50.6 Å². The van der Waals surface area contributed by atoms with Gasteiger partial charge in [-0.3, -0.25) is 4.79 Å². The second-order valence-corrected chi connectivity index (χ2v) is 9.17. The van der Waals surface area contributed by atoms with Crippen LogP contribution in [-0.4, -0.2) is 19.2 Å². The number of carbonyl (C=O) groups excluding carboxylic acids is 1. The van der Waals surface area contributed by atoms with Crippen LogP contribution in [0.3, 0.4) is 0 Å². The molecule has 32 heavy (non-hydrogen) atoms. The van der Waals surface area contributed by atoms with Gasteiger partial charge in [0, 0.05) is 4.47 Å². The zero-order valence-electron chi connectivity index (χ0n) is 17.9. The predicted octanol–water partition coefficient (Wildman–Crippen LogP) is 5.90. The summed E-state index contributed by atoms with van der Waals surface area (Å²) in [5, 5.41) is 4.09. The highest BCUT2D eigenvalue weighted by Gasteiger charge is 2.12. The van der Waals surface area contributed by atoms with E-state index in [0.29, 0.717) is 18.1 Å². The van der Waals surface area contributed by atoms with Crippen LogP contribution in [0.1, 0.15) is 29.2 Å². The van der Waals surface area contributed by atoms with Crippen LogP contribution in [0.15, 0.2) is 70.2 Å². The van der Waals surface area contributed by atoms with Gasteiger partial charge in [-0.15, -0.1) is 0 Å². The number of rotatable bonds is 9. The van der Waals surface area contributed by atoms with Crippen molar-refractivity contribution in [2.45, 2.75) is 26.4 Å². The summed E-state index contributed by atoms with van der Waals surface area (Å²) in [6, 6.07) is 19.8. The molecule has 3 aromatic carbocycles. The van der Waals surface area contributed by atoms with Crippen LogP contribution in [0, 0.1) is 3.57 Å². The minimum absolute atomic E-state index is 0.165. The van der Waals surface area contributed by atoms with Gasteiger partial charge in [0.05, 0.1) is 23.3 Å². The van der Waals surface area contributed by atoms with Gasteiger partial charge < -0.3 is 9.47 Å².